The summed E-state index contributed by atoms with van der Waals surface area (Å²) in [6.07, 6.45) is 0.141. The van der Waals surface area contributed by atoms with Crippen LogP contribution in [0.15, 0.2) is 36.4 Å². The summed E-state index contributed by atoms with van der Waals surface area (Å²) in [6.45, 7) is 0. The smallest absolute Gasteiger partial charge is 0.307 e. The van der Waals surface area contributed by atoms with Gasteiger partial charge in [-0.15, -0.1) is 12.4 Å². The van der Waals surface area contributed by atoms with Gasteiger partial charge in [0, 0.05) is 5.39 Å². The van der Waals surface area contributed by atoms with Crippen molar-refractivity contribution in [1.82, 2.24) is 4.98 Å². The van der Waals surface area contributed by atoms with Crippen molar-refractivity contribution in [2.75, 3.05) is 7.11 Å². The van der Waals surface area contributed by atoms with Crippen LogP contribution >= 0.6 is 12.4 Å². The van der Waals surface area contributed by atoms with Crippen LogP contribution in [-0.2, 0) is 9.53 Å². The van der Waals surface area contributed by atoms with Gasteiger partial charge in [0.2, 0.25) is 0 Å². The molecule has 2 rings (SSSR count). The van der Waals surface area contributed by atoms with Crippen molar-refractivity contribution in [3.8, 4) is 0 Å². The Labute approximate surface area is 112 Å². The Balaban J connectivity index is 0.00000162. The highest BCUT2D eigenvalue weighted by Gasteiger charge is 2.13. The summed E-state index contributed by atoms with van der Waals surface area (Å²) < 4.78 is 4.58. The fourth-order valence-corrected chi connectivity index (χ4v) is 1.66. The Morgan fingerprint density at radius 3 is 2.78 bits per heavy atom. The molecule has 1 atom stereocenters. The highest BCUT2D eigenvalue weighted by molar-refractivity contribution is 5.85. The average molecular weight is 267 g/mol. The molecule has 0 aliphatic rings. The van der Waals surface area contributed by atoms with E-state index in [1.54, 1.807) is 0 Å². The molecule has 2 aromatic rings. The Morgan fingerprint density at radius 1 is 1.33 bits per heavy atom. The number of pyridine rings is 1. The summed E-state index contributed by atoms with van der Waals surface area (Å²) in [5.74, 6) is -0.326. The number of rotatable bonds is 3. The molecule has 2 N–H and O–H groups in total. The number of para-hydroxylation sites is 1. The lowest BCUT2D eigenvalue weighted by Gasteiger charge is -2.10. The Kier molecular flexibility index (Phi) is 5.07. The van der Waals surface area contributed by atoms with Crippen LogP contribution in [0, 0.1) is 0 Å². The number of hydrogen-bond acceptors (Lipinski definition) is 4. The second kappa shape index (κ2) is 6.33. The topological polar surface area (TPSA) is 65.2 Å². The average Bonchev–Trinajstić information content (AvgIpc) is 2.38. The van der Waals surface area contributed by atoms with Crippen molar-refractivity contribution in [3.63, 3.8) is 0 Å². The zero-order valence-corrected chi connectivity index (χ0v) is 10.8. The number of hydrogen-bond donors (Lipinski definition) is 1. The molecule has 0 saturated heterocycles. The maximum Gasteiger partial charge on any atom is 0.307 e. The van der Waals surface area contributed by atoms with Crippen molar-refractivity contribution in [2.45, 2.75) is 12.5 Å². The molecule has 0 aliphatic heterocycles. The predicted octanol–water partition coefficient (Wildman–Crippen LogP) is 2.22. The van der Waals surface area contributed by atoms with E-state index in [-0.39, 0.29) is 24.8 Å². The zero-order chi connectivity index (χ0) is 12.3. The molecule has 0 fully saturated rings. The molecule has 1 aromatic carbocycles. The molecule has 0 bridgehead atoms. The van der Waals surface area contributed by atoms with E-state index in [1.807, 2.05) is 36.4 Å². The number of methoxy groups -OCH3 is 1. The molecule has 5 heteroatoms. The number of benzene rings is 1. The summed E-state index contributed by atoms with van der Waals surface area (Å²) in [6, 6.07) is 11.2. The van der Waals surface area contributed by atoms with E-state index in [0.717, 1.165) is 10.9 Å². The van der Waals surface area contributed by atoms with Crippen LogP contribution in [-0.4, -0.2) is 18.1 Å². The number of esters is 1. The van der Waals surface area contributed by atoms with Gasteiger partial charge in [-0.25, -0.2) is 0 Å². The standard InChI is InChI=1S/C13H14N2O2.ClH/c1-17-13(16)8-10(14)12-7-6-9-4-2-3-5-11(9)15-12;/h2-7,10H,8,14H2,1H3;1H/t10-;/m0./s1. The van der Waals surface area contributed by atoms with Gasteiger partial charge in [0.1, 0.15) is 0 Å². The van der Waals surface area contributed by atoms with E-state index in [9.17, 15) is 4.79 Å². The van der Waals surface area contributed by atoms with Crippen LogP contribution in [0.5, 0.6) is 0 Å². The quantitative estimate of drug-likeness (QED) is 0.865. The van der Waals surface area contributed by atoms with Gasteiger partial charge < -0.3 is 10.5 Å². The van der Waals surface area contributed by atoms with Crippen molar-refractivity contribution < 1.29 is 9.53 Å². The van der Waals surface area contributed by atoms with E-state index >= 15 is 0 Å². The lowest BCUT2D eigenvalue weighted by Crippen LogP contribution is -2.17. The fourth-order valence-electron chi connectivity index (χ4n) is 1.66. The molecule has 4 nitrogen and oxygen atoms in total. The van der Waals surface area contributed by atoms with Gasteiger partial charge in [-0.2, -0.15) is 0 Å². The van der Waals surface area contributed by atoms with Crippen molar-refractivity contribution in [2.24, 2.45) is 5.73 Å². The van der Waals surface area contributed by atoms with E-state index in [4.69, 9.17) is 5.73 Å². The van der Waals surface area contributed by atoms with Crippen molar-refractivity contribution >= 4 is 29.3 Å². The molecule has 1 heterocycles. The van der Waals surface area contributed by atoms with Crippen molar-refractivity contribution in [1.29, 1.82) is 0 Å². The second-order valence-corrected chi connectivity index (χ2v) is 3.82. The molecule has 0 aliphatic carbocycles. The Hall–Kier alpha value is -1.65. The van der Waals surface area contributed by atoms with E-state index < -0.39 is 6.04 Å². The molecular formula is C13H15ClN2O2. The predicted molar refractivity (Wildman–Crippen MR) is 72.6 cm³/mol. The van der Waals surface area contributed by atoms with E-state index in [1.165, 1.54) is 7.11 Å². The molecule has 0 radical (unpaired) electrons. The van der Waals surface area contributed by atoms with Gasteiger partial charge in [-0.05, 0) is 12.1 Å². The Morgan fingerprint density at radius 2 is 2.06 bits per heavy atom. The molecule has 0 spiro atoms. The third-order valence-electron chi connectivity index (χ3n) is 2.61. The minimum Gasteiger partial charge on any atom is -0.469 e. The maximum absolute atomic E-state index is 11.1. The SMILES string of the molecule is COC(=O)C[C@H](N)c1ccc2ccccc2n1.Cl. The summed E-state index contributed by atoms with van der Waals surface area (Å²) in [4.78, 5) is 15.6. The normalized spacial score (nSPS) is 11.7. The third-order valence-corrected chi connectivity index (χ3v) is 2.61. The van der Waals surface area contributed by atoms with Gasteiger partial charge in [0.05, 0.1) is 30.8 Å². The van der Waals surface area contributed by atoms with E-state index in [2.05, 4.69) is 9.72 Å². The lowest BCUT2D eigenvalue weighted by molar-refractivity contribution is -0.141. The third kappa shape index (κ3) is 3.18. The zero-order valence-electron chi connectivity index (χ0n) is 10.00. The molecule has 0 saturated carbocycles. The minimum atomic E-state index is -0.424. The highest BCUT2D eigenvalue weighted by atomic mass is 35.5. The lowest BCUT2D eigenvalue weighted by atomic mass is 10.1. The van der Waals surface area contributed by atoms with Crippen LogP contribution in [0.2, 0.25) is 0 Å². The van der Waals surface area contributed by atoms with Crippen LogP contribution in [0.25, 0.3) is 10.9 Å². The van der Waals surface area contributed by atoms with Gasteiger partial charge in [-0.1, -0.05) is 24.3 Å². The van der Waals surface area contributed by atoms with Gasteiger partial charge in [-0.3, -0.25) is 9.78 Å². The number of nitrogens with zero attached hydrogens (tertiary/aromatic N) is 1. The monoisotopic (exact) mass is 266 g/mol. The first-order valence-corrected chi connectivity index (χ1v) is 5.39. The molecular weight excluding hydrogens is 252 g/mol. The number of fused-ring (bicyclic) bond motifs is 1. The summed E-state index contributed by atoms with van der Waals surface area (Å²) in [5.41, 5.74) is 7.48. The first-order valence-electron chi connectivity index (χ1n) is 5.39. The number of nitrogens with two attached hydrogens (primary N) is 1. The number of carbonyl (C=O) groups is 1. The highest BCUT2D eigenvalue weighted by Crippen LogP contribution is 2.17. The van der Waals surface area contributed by atoms with Gasteiger partial charge >= 0.3 is 5.97 Å². The fraction of sp³-hybridized carbons (Fsp3) is 0.231. The van der Waals surface area contributed by atoms with Crippen LogP contribution in [0.4, 0.5) is 0 Å². The number of carbonyl (C=O) groups excluding carboxylic acids is 1. The summed E-state index contributed by atoms with van der Waals surface area (Å²) in [5, 5.41) is 1.06. The van der Waals surface area contributed by atoms with Gasteiger partial charge in [0.15, 0.2) is 0 Å². The first-order chi connectivity index (χ1) is 8.20. The number of aromatic nitrogens is 1. The molecule has 0 amide bonds. The molecule has 96 valence electrons. The van der Waals surface area contributed by atoms with Crippen LogP contribution in [0.3, 0.4) is 0 Å². The van der Waals surface area contributed by atoms with E-state index in [0.29, 0.717) is 5.69 Å². The molecule has 0 unspecified atom stereocenters. The van der Waals surface area contributed by atoms with Gasteiger partial charge in [0.25, 0.3) is 0 Å². The van der Waals surface area contributed by atoms with Crippen molar-refractivity contribution in [3.05, 3.63) is 42.1 Å². The maximum atomic E-state index is 11.1. The minimum absolute atomic E-state index is 0. The number of halogens is 1. The summed E-state index contributed by atoms with van der Waals surface area (Å²) >= 11 is 0. The van der Waals surface area contributed by atoms with Crippen LogP contribution < -0.4 is 5.73 Å². The first kappa shape index (κ1) is 14.4. The second-order valence-electron chi connectivity index (χ2n) is 3.82. The summed E-state index contributed by atoms with van der Waals surface area (Å²) in [7, 11) is 1.35. The largest absolute Gasteiger partial charge is 0.469 e. The Bertz CT molecular complexity index is 545. The molecule has 1 aromatic heterocycles. The molecule has 18 heavy (non-hydrogen) atoms. The van der Waals surface area contributed by atoms with Crippen LogP contribution in [0.1, 0.15) is 18.2 Å². The number of ether oxygens (including phenoxy) is 1.